The van der Waals surface area contributed by atoms with Crippen molar-refractivity contribution in [3.63, 3.8) is 0 Å². The van der Waals surface area contributed by atoms with Gasteiger partial charge in [0, 0.05) is 52.2 Å². The second kappa shape index (κ2) is 11.0. The topological polar surface area (TPSA) is 30.9 Å². The molecule has 1 aliphatic carbocycles. The molecule has 3 aliphatic heterocycles. The van der Waals surface area contributed by atoms with E-state index in [1.54, 1.807) is 0 Å². The molecule has 244 valence electrons. The van der Waals surface area contributed by atoms with Crippen molar-refractivity contribution in [3.8, 4) is 22.6 Å². The first-order valence-corrected chi connectivity index (χ1v) is 17.6. The SMILES string of the molecule is Cc1c(C)c2c(c3c1OC(c1ccccc1)(c1ccc(N4CCOCC4)cc1)C=C3)C1(C=Cc3c(ccc4ccccc34)O1)c1ccccc1-2. The highest BCUT2D eigenvalue weighted by Gasteiger charge is 2.50. The Hall–Kier alpha value is -5.58. The normalized spacial score (nSPS) is 21.3. The quantitative estimate of drug-likeness (QED) is 0.191. The molecule has 50 heavy (non-hydrogen) atoms. The maximum absolute atomic E-state index is 7.47. The van der Waals surface area contributed by atoms with Crippen LogP contribution in [0.4, 0.5) is 5.69 Å². The molecule has 0 bridgehead atoms. The lowest BCUT2D eigenvalue weighted by atomic mass is 9.79. The molecule has 4 aliphatic rings. The number of ether oxygens (including phenoxy) is 3. The van der Waals surface area contributed by atoms with Crippen LogP contribution < -0.4 is 14.4 Å². The van der Waals surface area contributed by atoms with Gasteiger partial charge in [0.1, 0.15) is 11.5 Å². The van der Waals surface area contributed by atoms with E-state index in [9.17, 15) is 0 Å². The number of hydrogen-bond acceptors (Lipinski definition) is 4. The summed E-state index contributed by atoms with van der Waals surface area (Å²) in [4.78, 5) is 2.39. The Morgan fingerprint density at radius 3 is 2.14 bits per heavy atom. The average molecular weight is 652 g/mol. The minimum atomic E-state index is -0.809. The van der Waals surface area contributed by atoms with Crippen LogP contribution in [-0.4, -0.2) is 26.3 Å². The highest BCUT2D eigenvalue weighted by Crippen LogP contribution is 2.59. The molecule has 0 aromatic heterocycles. The predicted octanol–water partition coefficient (Wildman–Crippen LogP) is 9.97. The molecule has 0 radical (unpaired) electrons. The second-order valence-corrected chi connectivity index (χ2v) is 13.8. The van der Waals surface area contributed by atoms with Gasteiger partial charge >= 0.3 is 0 Å². The van der Waals surface area contributed by atoms with Gasteiger partial charge in [-0.2, -0.15) is 0 Å². The summed E-state index contributed by atoms with van der Waals surface area (Å²) in [5.41, 5.74) is 11.1. The highest BCUT2D eigenvalue weighted by atomic mass is 16.5. The van der Waals surface area contributed by atoms with Crippen molar-refractivity contribution in [2.75, 3.05) is 31.2 Å². The largest absolute Gasteiger partial charge is 0.473 e. The van der Waals surface area contributed by atoms with Crippen LogP contribution >= 0.6 is 0 Å². The number of hydrogen-bond donors (Lipinski definition) is 0. The molecule has 2 unspecified atom stereocenters. The Morgan fingerprint density at radius 1 is 0.600 bits per heavy atom. The van der Waals surface area contributed by atoms with Gasteiger partial charge in [-0.15, -0.1) is 0 Å². The number of rotatable bonds is 3. The van der Waals surface area contributed by atoms with Crippen molar-refractivity contribution >= 4 is 28.6 Å². The van der Waals surface area contributed by atoms with Crippen LogP contribution in [-0.2, 0) is 15.9 Å². The Morgan fingerprint density at radius 2 is 1.30 bits per heavy atom. The van der Waals surface area contributed by atoms with Crippen LogP contribution in [0.1, 0.15) is 44.5 Å². The summed E-state index contributed by atoms with van der Waals surface area (Å²) in [7, 11) is 0. The molecular formula is C46H37NO3. The summed E-state index contributed by atoms with van der Waals surface area (Å²) in [6, 6.07) is 41.1. The third-order valence-corrected chi connectivity index (χ3v) is 11.3. The highest BCUT2D eigenvalue weighted by molar-refractivity contribution is 5.96. The fraction of sp³-hybridized carbons (Fsp3) is 0.174. The van der Waals surface area contributed by atoms with E-state index in [0.717, 1.165) is 76.7 Å². The van der Waals surface area contributed by atoms with Crippen molar-refractivity contribution in [2.24, 2.45) is 0 Å². The van der Waals surface area contributed by atoms with Gasteiger partial charge < -0.3 is 19.1 Å². The van der Waals surface area contributed by atoms with Crippen molar-refractivity contribution in [1.82, 2.24) is 0 Å². The van der Waals surface area contributed by atoms with Crippen LogP contribution in [0.5, 0.6) is 11.5 Å². The molecule has 1 spiro atoms. The van der Waals surface area contributed by atoms with E-state index in [1.807, 2.05) is 0 Å². The summed E-state index contributed by atoms with van der Waals surface area (Å²) in [5.74, 6) is 1.79. The third-order valence-electron chi connectivity index (χ3n) is 11.3. The van der Waals surface area contributed by atoms with Gasteiger partial charge in [-0.05, 0) is 83.3 Å². The Bertz CT molecular complexity index is 2390. The number of benzene rings is 6. The van der Waals surface area contributed by atoms with E-state index < -0.39 is 11.2 Å². The van der Waals surface area contributed by atoms with Crippen LogP contribution in [0.25, 0.3) is 34.1 Å². The molecule has 4 heteroatoms. The van der Waals surface area contributed by atoms with Crippen LogP contribution in [0, 0.1) is 13.8 Å². The zero-order valence-corrected chi connectivity index (χ0v) is 28.3. The second-order valence-electron chi connectivity index (χ2n) is 13.8. The van der Waals surface area contributed by atoms with Crippen molar-refractivity contribution in [2.45, 2.75) is 25.0 Å². The maximum atomic E-state index is 7.47. The monoisotopic (exact) mass is 651 g/mol. The standard InChI is InChI=1S/C46H37NO3/c1-30-31(2)44-39(23-24-45(50-44,33-11-4-3-5-12-33)34-17-19-35(20-18-34)47-26-28-48-29-27-47)43-42(30)38-14-8-9-15-40(38)46(43)25-22-37-36-13-7-6-10-32(36)16-21-41(37)49-46/h3-25H,26-29H2,1-2H3. The number of nitrogens with zero attached hydrogens (tertiary/aromatic N) is 1. The molecule has 0 N–H and O–H groups in total. The van der Waals surface area contributed by atoms with E-state index in [4.69, 9.17) is 14.2 Å². The summed E-state index contributed by atoms with van der Waals surface area (Å²) in [6.07, 6.45) is 9.10. The van der Waals surface area contributed by atoms with E-state index in [0.29, 0.717) is 0 Å². The van der Waals surface area contributed by atoms with Gasteiger partial charge in [0.15, 0.2) is 11.2 Å². The van der Waals surface area contributed by atoms with Gasteiger partial charge in [0.2, 0.25) is 0 Å². The Labute approximate surface area is 292 Å². The molecule has 3 heterocycles. The average Bonchev–Trinajstić information content (AvgIpc) is 3.46. The van der Waals surface area contributed by atoms with Gasteiger partial charge in [-0.25, -0.2) is 0 Å². The fourth-order valence-electron chi connectivity index (χ4n) is 8.69. The lowest BCUT2D eigenvalue weighted by molar-refractivity contribution is 0.122. The van der Waals surface area contributed by atoms with Crippen LogP contribution in [0.2, 0.25) is 0 Å². The van der Waals surface area contributed by atoms with Crippen molar-refractivity contribution in [1.29, 1.82) is 0 Å². The number of fused-ring (bicyclic) bond motifs is 10. The molecule has 0 saturated carbocycles. The lowest BCUT2D eigenvalue weighted by Crippen LogP contribution is -2.37. The van der Waals surface area contributed by atoms with Crippen molar-refractivity contribution < 1.29 is 14.2 Å². The van der Waals surface area contributed by atoms with Gasteiger partial charge in [-0.3, -0.25) is 0 Å². The summed E-state index contributed by atoms with van der Waals surface area (Å²) in [5, 5.41) is 2.40. The van der Waals surface area contributed by atoms with Crippen LogP contribution in [0.3, 0.4) is 0 Å². The van der Waals surface area contributed by atoms with Gasteiger partial charge in [0.05, 0.1) is 13.2 Å². The summed E-state index contributed by atoms with van der Waals surface area (Å²) >= 11 is 0. The predicted molar refractivity (Wildman–Crippen MR) is 202 cm³/mol. The third kappa shape index (κ3) is 4.09. The van der Waals surface area contributed by atoms with Gasteiger partial charge in [0.25, 0.3) is 0 Å². The summed E-state index contributed by atoms with van der Waals surface area (Å²) in [6.45, 7) is 7.76. The first-order chi connectivity index (χ1) is 24.6. The maximum Gasteiger partial charge on any atom is 0.180 e. The van der Waals surface area contributed by atoms with Crippen LogP contribution in [0.15, 0.2) is 127 Å². The smallest absolute Gasteiger partial charge is 0.180 e. The van der Waals surface area contributed by atoms with E-state index in [-0.39, 0.29) is 0 Å². The summed E-state index contributed by atoms with van der Waals surface area (Å²) < 4.78 is 20.4. The first-order valence-electron chi connectivity index (χ1n) is 17.6. The molecule has 0 amide bonds. The molecule has 1 fully saturated rings. The molecular weight excluding hydrogens is 615 g/mol. The minimum absolute atomic E-state index is 0.758. The van der Waals surface area contributed by atoms with E-state index >= 15 is 0 Å². The molecule has 10 rings (SSSR count). The molecule has 4 nitrogen and oxygen atoms in total. The van der Waals surface area contributed by atoms with E-state index in [1.165, 1.54) is 33.2 Å². The Balaban J connectivity index is 1.17. The molecule has 1 saturated heterocycles. The number of morpholine rings is 1. The fourth-order valence-corrected chi connectivity index (χ4v) is 8.69. The molecule has 6 aromatic rings. The zero-order chi connectivity index (χ0) is 33.5. The zero-order valence-electron chi connectivity index (χ0n) is 28.3. The molecule has 2 atom stereocenters. The lowest BCUT2D eigenvalue weighted by Gasteiger charge is -2.40. The Kier molecular flexibility index (Phi) is 6.43. The molecule has 6 aromatic carbocycles. The van der Waals surface area contributed by atoms with Gasteiger partial charge in [-0.1, -0.05) is 103 Å². The number of anilines is 1. The van der Waals surface area contributed by atoms with Crippen molar-refractivity contribution in [3.05, 3.63) is 172 Å². The first kappa shape index (κ1) is 29.3. The minimum Gasteiger partial charge on any atom is -0.473 e. The van der Waals surface area contributed by atoms with E-state index in [2.05, 4.69) is 158 Å².